The predicted octanol–water partition coefficient (Wildman–Crippen LogP) is 1.21. The molecule has 1 aliphatic rings. The number of benzene rings is 1. The molecule has 0 amide bonds. The maximum atomic E-state index is 12.7. The molecule has 0 spiro atoms. The summed E-state index contributed by atoms with van der Waals surface area (Å²) in [6.07, 6.45) is 0. The van der Waals surface area contributed by atoms with Crippen LogP contribution < -0.4 is 4.90 Å². The van der Waals surface area contributed by atoms with Gasteiger partial charge in [-0.2, -0.15) is 4.31 Å². The molecule has 0 aromatic heterocycles. The summed E-state index contributed by atoms with van der Waals surface area (Å²) < 4.78 is 26.9. The Hall–Kier alpha value is -0.330. The molecule has 1 heterocycles. The van der Waals surface area contributed by atoms with E-state index in [0.717, 1.165) is 19.6 Å². The minimum absolute atomic E-state index is 0.256. The van der Waals surface area contributed by atoms with E-state index in [-0.39, 0.29) is 9.92 Å². The second kappa shape index (κ2) is 6.20. The molecule has 1 aliphatic heterocycles. The first-order valence-corrected chi connectivity index (χ1v) is 8.85. The van der Waals surface area contributed by atoms with Crippen molar-refractivity contribution in [3.05, 3.63) is 27.7 Å². The topological polar surface area (TPSA) is 41.8 Å². The first-order valence-electron chi connectivity index (χ1n) is 6.65. The number of hydrogen-bond acceptors (Lipinski definition) is 2. The molecule has 1 fully saturated rings. The fourth-order valence-corrected chi connectivity index (χ4v) is 4.56. The summed E-state index contributed by atoms with van der Waals surface area (Å²) in [5.41, 5.74) is 0.629. The van der Waals surface area contributed by atoms with Crippen LogP contribution in [0.1, 0.15) is 12.5 Å². The Morgan fingerprint density at radius 3 is 2.30 bits per heavy atom. The quantitative estimate of drug-likeness (QED) is 0.900. The van der Waals surface area contributed by atoms with Crippen LogP contribution in [0, 0.1) is 6.92 Å². The third-order valence-corrected chi connectivity index (χ3v) is 6.53. The zero-order valence-electron chi connectivity index (χ0n) is 11.6. The molecular formula is C13H19Cl2N2O2S+. The van der Waals surface area contributed by atoms with Gasteiger partial charge in [-0.15, -0.1) is 0 Å². The molecule has 1 saturated heterocycles. The number of likely N-dealkylation sites (N-methyl/N-ethyl adjacent to an activating group) is 1. The van der Waals surface area contributed by atoms with Crippen molar-refractivity contribution < 1.29 is 13.3 Å². The van der Waals surface area contributed by atoms with Crippen molar-refractivity contribution in [3.63, 3.8) is 0 Å². The third-order valence-electron chi connectivity index (χ3n) is 3.77. The Morgan fingerprint density at radius 1 is 1.20 bits per heavy atom. The average Bonchev–Trinajstić information content (AvgIpc) is 2.42. The SMILES string of the molecule is CC[NH+]1CCN(S(=O)(=O)c2cc(Cl)c(Cl)cc2C)CC1. The average molecular weight is 338 g/mol. The van der Waals surface area contributed by atoms with Gasteiger partial charge < -0.3 is 4.90 Å². The van der Waals surface area contributed by atoms with Gasteiger partial charge in [-0.1, -0.05) is 23.2 Å². The minimum Gasteiger partial charge on any atom is -0.333 e. The second-order valence-electron chi connectivity index (χ2n) is 5.04. The van der Waals surface area contributed by atoms with E-state index in [2.05, 4.69) is 6.92 Å². The van der Waals surface area contributed by atoms with Crippen LogP contribution in [0.25, 0.3) is 0 Å². The van der Waals surface area contributed by atoms with E-state index in [9.17, 15) is 8.42 Å². The van der Waals surface area contributed by atoms with Gasteiger partial charge in [0.2, 0.25) is 10.0 Å². The zero-order chi connectivity index (χ0) is 14.9. The van der Waals surface area contributed by atoms with Gasteiger partial charge >= 0.3 is 0 Å². The molecule has 4 nitrogen and oxygen atoms in total. The highest BCUT2D eigenvalue weighted by Gasteiger charge is 2.31. The first-order chi connectivity index (χ1) is 9.36. The lowest BCUT2D eigenvalue weighted by molar-refractivity contribution is -0.901. The number of nitrogens with zero attached hydrogens (tertiary/aromatic N) is 1. The van der Waals surface area contributed by atoms with E-state index < -0.39 is 10.0 Å². The lowest BCUT2D eigenvalue weighted by atomic mass is 10.2. The number of quaternary nitrogens is 1. The van der Waals surface area contributed by atoms with Crippen molar-refractivity contribution in [1.29, 1.82) is 0 Å². The maximum absolute atomic E-state index is 12.7. The molecule has 1 aromatic carbocycles. The predicted molar refractivity (Wildman–Crippen MR) is 81.2 cm³/mol. The number of halogens is 2. The number of hydrogen-bond donors (Lipinski definition) is 1. The molecular weight excluding hydrogens is 319 g/mol. The number of aryl methyl sites for hydroxylation is 1. The molecule has 1 N–H and O–H groups in total. The van der Waals surface area contributed by atoms with Crippen LogP contribution in [0.3, 0.4) is 0 Å². The van der Waals surface area contributed by atoms with E-state index in [1.54, 1.807) is 17.3 Å². The van der Waals surface area contributed by atoms with Crippen LogP contribution in [0.15, 0.2) is 17.0 Å². The van der Waals surface area contributed by atoms with Crippen molar-refractivity contribution in [3.8, 4) is 0 Å². The highest BCUT2D eigenvalue weighted by atomic mass is 35.5. The lowest BCUT2D eigenvalue weighted by Gasteiger charge is -2.31. The minimum atomic E-state index is -3.49. The Bertz CT molecular complexity index is 597. The van der Waals surface area contributed by atoms with Crippen LogP contribution in [-0.4, -0.2) is 45.4 Å². The fraction of sp³-hybridized carbons (Fsp3) is 0.538. The molecule has 2 rings (SSSR count). The van der Waals surface area contributed by atoms with E-state index in [4.69, 9.17) is 23.2 Å². The largest absolute Gasteiger partial charge is 0.333 e. The summed E-state index contributed by atoms with van der Waals surface area (Å²) in [4.78, 5) is 1.69. The van der Waals surface area contributed by atoms with Crippen LogP contribution in [0.2, 0.25) is 10.0 Å². The van der Waals surface area contributed by atoms with Gasteiger partial charge in [0.25, 0.3) is 0 Å². The molecule has 0 bridgehead atoms. The Kier molecular flexibility index (Phi) is 4.97. The van der Waals surface area contributed by atoms with Crippen molar-refractivity contribution >= 4 is 33.2 Å². The Labute approximate surface area is 130 Å². The monoisotopic (exact) mass is 337 g/mol. The molecule has 0 saturated carbocycles. The highest BCUT2D eigenvalue weighted by Crippen LogP contribution is 2.29. The molecule has 7 heteroatoms. The van der Waals surface area contributed by atoms with Gasteiger partial charge in [0.1, 0.15) is 0 Å². The standard InChI is InChI=1S/C13H18Cl2N2O2S/c1-3-16-4-6-17(7-5-16)20(18,19)13-9-12(15)11(14)8-10(13)2/h8-9H,3-7H2,1-2H3/p+1. The number of nitrogens with one attached hydrogen (secondary N) is 1. The van der Waals surface area contributed by atoms with Crippen LogP contribution in [-0.2, 0) is 10.0 Å². The fourth-order valence-electron chi connectivity index (χ4n) is 2.44. The molecule has 0 atom stereocenters. The zero-order valence-corrected chi connectivity index (χ0v) is 13.9. The number of sulfonamides is 1. The van der Waals surface area contributed by atoms with E-state index >= 15 is 0 Å². The maximum Gasteiger partial charge on any atom is 0.243 e. The molecule has 0 aliphatic carbocycles. The van der Waals surface area contributed by atoms with Gasteiger partial charge in [0.05, 0.1) is 47.7 Å². The van der Waals surface area contributed by atoms with Gasteiger partial charge in [0.15, 0.2) is 0 Å². The molecule has 112 valence electrons. The summed E-state index contributed by atoms with van der Waals surface area (Å²) in [6, 6.07) is 3.05. The van der Waals surface area contributed by atoms with Crippen molar-refractivity contribution in [2.24, 2.45) is 0 Å². The highest BCUT2D eigenvalue weighted by molar-refractivity contribution is 7.89. The van der Waals surface area contributed by atoms with Crippen LogP contribution >= 0.6 is 23.2 Å². The molecule has 20 heavy (non-hydrogen) atoms. The summed E-state index contributed by atoms with van der Waals surface area (Å²) in [6.45, 7) is 7.66. The van der Waals surface area contributed by atoms with Crippen molar-refractivity contribution in [1.82, 2.24) is 4.31 Å². The van der Waals surface area contributed by atoms with Gasteiger partial charge in [-0.3, -0.25) is 0 Å². The van der Waals surface area contributed by atoms with Crippen molar-refractivity contribution in [2.45, 2.75) is 18.7 Å². The smallest absolute Gasteiger partial charge is 0.243 e. The van der Waals surface area contributed by atoms with Gasteiger partial charge in [-0.25, -0.2) is 8.42 Å². The second-order valence-corrected chi connectivity index (χ2v) is 7.76. The van der Waals surface area contributed by atoms with E-state index in [1.165, 1.54) is 11.0 Å². The van der Waals surface area contributed by atoms with Crippen LogP contribution in [0.5, 0.6) is 0 Å². The summed E-state index contributed by atoms with van der Waals surface area (Å²) in [5.74, 6) is 0. The van der Waals surface area contributed by atoms with E-state index in [0.29, 0.717) is 23.7 Å². The molecule has 1 aromatic rings. The van der Waals surface area contributed by atoms with Crippen molar-refractivity contribution in [2.75, 3.05) is 32.7 Å². The molecule has 0 radical (unpaired) electrons. The van der Waals surface area contributed by atoms with Crippen LogP contribution in [0.4, 0.5) is 0 Å². The first kappa shape index (κ1) is 16.0. The number of piperazine rings is 1. The summed E-state index contributed by atoms with van der Waals surface area (Å²) in [5, 5.41) is 0.650. The Morgan fingerprint density at radius 2 is 1.75 bits per heavy atom. The normalized spacial score (nSPS) is 18.4. The lowest BCUT2D eigenvalue weighted by Crippen LogP contribution is -3.14. The number of rotatable bonds is 3. The third kappa shape index (κ3) is 3.12. The summed E-state index contributed by atoms with van der Waals surface area (Å²) in [7, 11) is -3.49. The Balaban J connectivity index is 2.30. The summed E-state index contributed by atoms with van der Waals surface area (Å²) >= 11 is 11.9. The van der Waals surface area contributed by atoms with E-state index in [1.807, 2.05) is 0 Å². The van der Waals surface area contributed by atoms with Gasteiger partial charge in [0, 0.05) is 0 Å². The molecule has 0 unspecified atom stereocenters. The van der Waals surface area contributed by atoms with Gasteiger partial charge in [-0.05, 0) is 31.5 Å².